The number of piperazine rings is 1. The zero-order chi connectivity index (χ0) is 16.6. The van der Waals surface area contributed by atoms with Crippen LogP contribution >= 0.6 is 11.3 Å². The molecule has 0 bridgehead atoms. The summed E-state index contributed by atoms with van der Waals surface area (Å²) in [6, 6.07) is 6.35. The normalized spacial score (nSPS) is 16.0. The maximum Gasteiger partial charge on any atom is 0.434 e. The minimum absolute atomic E-state index is 0.456. The fraction of sp³-hybridized carbons (Fsp3) is 0.438. The van der Waals surface area contributed by atoms with Crippen molar-refractivity contribution in [2.75, 3.05) is 36.0 Å². The first-order chi connectivity index (χ1) is 10.8. The molecular weight excluding hydrogens is 323 g/mol. The van der Waals surface area contributed by atoms with Gasteiger partial charge in [-0.3, -0.25) is 0 Å². The number of nitrogens with zero attached hydrogens (tertiary/aromatic N) is 3. The second kappa shape index (κ2) is 6.03. The van der Waals surface area contributed by atoms with Gasteiger partial charge < -0.3 is 9.80 Å². The highest BCUT2D eigenvalue weighted by Gasteiger charge is 2.34. The lowest BCUT2D eigenvalue weighted by molar-refractivity contribution is -0.140. The van der Waals surface area contributed by atoms with E-state index >= 15 is 0 Å². The molecule has 3 nitrogen and oxygen atoms in total. The average molecular weight is 341 g/mol. The van der Waals surface area contributed by atoms with Crippen LogP contribution < -0.4 is 9.80 Å². The number of benzene rings is 1. The number of aromatic nitrogens is 1. The van der Waals surface area contributed by atoms with Crippen LogP contribution in [0.4, 0.5) is 24.0 Å². The van der Waals surface area contributed by atoms with Gasteiger partial charge in [-0.1, -0.05) is 12.1 Å². The van der Waals surface area contributed by atoms with E-state index in [-0.39, 0.29) is 0 Å². The maximum atomic E-state index is 12.7. The molecule has 0 aliphatic carbocycles. The number of rotatable bonds is 2. The molecule has 0 N–H and O–H groups in total. The highest BCUT2D eigenvalue weighted by molar-refractivity contribution is 7.13. The van der Waals surface area contributed by atoms with Crippen molar-refractivity contribution < 1.29 is 13.2 Å². The van der Waals surface area contributed by atoms with Gasteiger partial charge in [0.15, 0.2) is 10.8 Å². The average Bonchev–Trinajstić information content (AvgIpc) is 3.00. The molecule has 124 valence electrons. The number of alkyl halides is 3. The molecule has 2 aromatic rings. The number of aryl methyl sites for hydroxylation is 2. The Bertz CT molecular complexity index is 688. The van der Waals surface area contributed by atoms with Crippen molar-refractivity contribution in [3.8, 4) is 0 Å². The minimum atomic E-state index is -4.37. The Morgan fingerprint density at radius 3 is 2.30 bits per heavy atom. The van der Waals surface area contributed by atoms with Gasteiger partial charge in [-0.2, -0.15) is 13.2 Å². The molecular formula is C16H18F3N3S. The van der Waals surface area contributed by atoms with Crippen LogP contribution in [-0.2, 0) is 6.18 Å². The summed E-state index contributed by atoms with van der Waals surface area (Å²) in [5, 5.41) is 1.55. The van der Waals surface area contributed by atoms with E-state index in [0.29, 0.717) is 18.2 Å². The summed E-state index contributed by atoms with van der Waals surface area (Å²) in [6.07, 6.45) is -4.37. The van der Waals surface area contributed by atoms with Crippen molar-refractivity contribution >= 4 is 22.2 Å². The Morgan fingerprint density at radius 2 is 1.70 bits per heavy atom. The third-order valence-electron chi connectivity index (χ3n) is 4.04. The van der Waals surface area contributed by atoms with Crippen LogP contribution in [0.1, 0.15) is 16.8 Å². The molecule has 2 heterocycles. The Balaban J connectivity index is 1.69. The molecule has 1 aromatic carbocycles. The predicted octanol–water partition coefficient (Wildman–Crippen LogP) is 4.11. The number of thiazole rings is 1. The molecule has 0 radical (unpaired) electrons. The van der Waals surface area contributed by atoms with Crippen molar-refractivity contribution in [3.63, 3.8) is 0 Å². The summed E-state index contributed by atoms with van der Waals surface area (Å²) in [5.74, 6) is 0. The smallest absolute Gasteiger partial charge is 0.368 e. The van der Waals surface area contributed by atoms with Gasteiger partial charge in [0.05, 0.1) is 0 Å². The highest BCUT2D eigenvalue weighted by Crippen LogP contribution is 2.33. The zero-order valence-corrected chi connectivity index (χ0v) is 13.8. The van der Waals surface area contributed by atoms with Crippen molar-refractivity contribution in [1.29, 1.82) is 0 Å². The largest absolute Gasteiger partial charge is 0.434 e. The van der Waals surface area contributed by atoms with Crippen molar-refractivity contribution in [2.45, 2.75) is 20.0 Å². The van der Waals surface area contributed by atoms with Crippen molar-refractivity contribution in [2.24, 2.45) is 0 Å². The van der Waals surface area contributed by atoms with Crippen LogP contribution in [0.15, 0.2) is 23.6 Å². The first-order valence-electron chi connectivity index (χ1n) is 7.44. The number of anilines is 2. The van der Waals surface area contributed by atoms with Gasteiger partial charge in [-0.05, 0) is 31.0 Å². The zero-order valence-electron chi connectivity index (χ0n) is 13.0. The summed E-state index contributed by atoms with van der Waals surface area (Å²) >= 11 is 1.06. The van der Waals surface area contributed by atoms with Crippen molar-refractivity contribution in [1.82, 2.24) is 4.98 Å². The number of hydrogen-bond donors (Lipinski definition) is 0. The molecule has 1 aliphatic rings. The summed E-state index contributed by atoms with van der Waals surface area (Å²) in [7, 11) is 0. The lowest BCUT2D eigenvalue weighted by Crippen LogP contribution is -2.46. The van der Waals surface area contributed by atoms with E-state index in [2.05, 4.69) is 41.9 Å². The summed E-state index contributed by atoms with van der Waals surface area (Å²) < 4.78 is 38.0. The summed E-state index contributed by atoms with van der Waals surface area (Å²) in [4.78, 5) is 7.96. The maximum absolute atomic E-state index is 12.7. The lowest BCUT2D eigenvalue weighted by Gasteiger charge is -2.36. The van der Waals surface area contributed by atoms with E-state index in [4.69, 9.17) is 0 Å². The van der Waals surface area contributed by atoms with E-state index in [1.165, 1.54) is 16.8 Å². The Morgan fingerprint density at radius 1 is 1.04 bits per heavy atom. The fourth-order valence-corrected chi connectivity index (χ4v) is 3.62. The van der Waals surface area contributed by atoms with Gasteiger partial charge in [0.1, 0.15) is 0 Å². The molecule has 3 rings (SSSR count). The Kier molecular flexibility index (Phi) is 4.23. The standard InChI is InChI=1S/C16H18F3N3S/c1-11-3-4-12(2)13(9-11)21-5-7-22(8-6-21)15-20-14(10-23-15)16(17,18)19/h3-4,9-10H,5-8H2,1-2H3. The van der Waals surface area contributed by atoms with E-state index < -0.39 is 11.9 Å². The van der Waals surface area contributed by atoms with Crippen LogP contribution in [0.25, 0.3) is 0 Å². The third-order valence-corrected chi connectivity index (χ3v) is 4.94. The molecule has 1 aliphatic heterocycles. The molecule has 0 amide bonds. The van der Waals surface area contributed by atoms with Gasteiger partial charge in [-0.15, -0.1) is 11.3 Å². The van der Waals surface area contributed by atoms with Crippen LogP contribution in [-0.4, -0.2) is 31.2 Å². The molecule has 0 spiro atoms. The summed E-state index contributed by atoms with van der Waals surface area (Å²) in [5.41, 5.74) is 2.84. The first-order valence-corrected chi connectivity index (χ1v) is 8.32. The SMILES string of the molecule is Cc1ccc(C)c(N2CCN(c3nc(C(F)(F)F)cs3)CC2)c1. The van der Waals surface area contributed by atoms with Gasteiger partial charge in [-0.25, -0.2) is 4.98 Å². The van der Waals surface area contributed by atoms with Crippen LogP contribution in [0.2, 0.25) is 0 Å². The Labute approximate surface area is 137 Å². The van der Waals surface area contributed by atoms with Crippen LogP contribution in [0, 0.1) is 13.8 Å². The predicted molar refractivity (Wildman–Crippen MR) is 87.5 cm³/mol. The second-order valence-electron chi connectivity index (χ2n) is 5.78. The minimum Gasteiger partial charge on any atom is -0.368 e. The third kappa shape index (κ3) is 3.44. The molecule has 0 atom stereocenters. The van der Waals surface area contributed by atoms with Crippen molar-refractivity contribution in [3.05, 3.63) is 40.4 Å². The van der Waals surface area contributed by atoms with E-state index in [9.17, 15) is 13.2 Å². The lowest BCUT2D eigenvalue weighted by atomic mass is 10.1. The Hall–Kier alpha value is -1.76. The quantitative estimate of drug-likeness (QED) is 0.820. The molecule has 23 heavy (non-hydrogen) atoms. The van der Waals surface area contributed by atoms with Gasteiger partial charge in [0, 0.05) is 37.2 Å². The van der Waals surface area contributed by atoms with Gasteiger partial charge in [0.25, 0.3) is 0 Å². The molecule has 0 unspecified atom stereocenters. The fourth-order valence-electron chi connectivity index (χ4n) is 2.74. The number of halogens is 3. The molecule has 1 fully saturated rings. The van der Waals surface area contributed by atoms with E-state index in [1.54, 1.807) is 0 Å². The first kappa shape index (κ1) is 16.1. The summed E-state index contributed by atoms with van der Waals surface area (Å²) in [6.45, 7) is 7.07. The topological polar surface area (TPSA) is 19.4 Å². The molecule has 0 saturated carbocycles. The molecule has 1 aromatic heterocycles. The second-order valence-corrected chi connectivity index (χ2v) is 6.61. The van der Waals surface area contributed by atoms with E-state index in [1.807, 2.05) is 4.90 Å². The monoisotopic (exact) mass is 341 g/mol. The molecule has 7 heteroatoms. The van der Waals surface area contributed by atoms with E-state index in [0.717, 1.165) is 29.8 Å². The van der Waals surface area contributed by atoms with Crippen LogP contribution in [0.3, 0.4) is 0 Å². The van der Waals surface area contributed by atoms with Gasteiger partial charge >= 0.3 is 6.18 Å². The van der Waals surface area contributed by atoms with Crippen LogP contribution in [0.5, 0.6) is 0 Å². The number of hydrogen-bond acceptors (Lipinski definition) is 4. The highest BCUT2D eigenvalue weighted by atomic mass is 32.1. The van der Waals surface area contributed by atoms with Gasteiger partial charge in [0.2, 0.25) is 0 Å². The molecule has 1 saturated heterocycles.